The first-order chi connectivity index (χ1) is 9.99. The third-order valence-electron chi connectivity index (χ3n) is 3.20. The Kier molecular flexibility index (Phi) is 4.93. The maximum absolute atomic E-state index is 13.4. The molecule has 0 saturated carbocycles. The lowest BCUT2D eigenvalue weighted by atomic mass is 10.4. The molecule has 1 aromatic carbocycles. The van der Waals surface area contributed by atoms with E-state index in [1.54, 1.807) is 0 Å². The van der Waals surface area contributed by atoms with Gasteiger partial charge in [-0.25, -0.2) is 0 Å². The fraction of sp³-hybridized carbons (Fsp3) is 0.500. The summed E-state index contributed by atoms with van der Waals surface area (Å²) in [5, 5.41) is 0.897. The lowest BCUT2D eigenvalue weighted by Crippen LogP contribution is -2.36. The molecule has 0 saturated heterocycles. The third-order valence-corrected chi connectivity index (χ3v) is 7.76. The van der Waals surface area contributed by atoms with Crippen molar-refractivity contribution in [1.29, 1.82) is 0 Å². The predicted molar refractivity (Wildman–Crippen MR) is 99.3 cm³/mol. The second-order valence-electron chi connectivity index (χ2n) is 7.78. The van der Waals surface area contributed by atoms with Gasteiger partial charge in [0.15, 0.2) is 8.32 Å². The highest BCUT2D eigenvalue weighted by atomic mass is 31.2. The molecule has 2 unspecified atom stereocenters. The van der Waals surface area contributed by atoms with Crippen molar-refractivity contribution in [3.63, 3.8) is 0 Å². The maximum Gasteiger partial charge on any atom is 0.241 e. The van der Waals surface area contributed by atoms with Crippen LogP contribution < -0.4 is 5.30 Å². The Labute approximate surface area is 136 Å². The van der Waals surface area contributed by atoms with Crippen LogP contribution in [0.4, 0.5) is 0 Å². The second-order valence-corrected chi connectivity index (χ2v) is 19.4. The number of rotatable bonds is 5. The summed E-state index contributed by atoms with van der Waals surface area (Å²) in [6.07, 6.45) is 0.366. The molecule has 0 radical (unpaired) electrons. The van der Waals surface area contributed by atoms with Gasteiger partial charge in [0.05, 0.1) is 0 Å². The Bertz CT molecular complexity index is 600. The molecule has 0 aromatic heterocycles. The summed E-state index contributed by atoms with van der Waals surface area (Å²) < 4.78 is 25.9. The fourth-order valence-electron chi connectivity index (χ4n) is 2.51. The van der Waals surface area contributed by atoms with E-state index in [1.165, 1.54) is 0 Å². The molecule has 0 amide bonds. The predicted octanol–water partition coefficient (Wildman–Crippen LogP) is 4.60. The summed E-state index contributed by atoms with van der Waals surface area (Å²) in [4.78, 5) is 0. The molecule has 122 valence electrons. The van der Waals surface area contributed by atoms with E-state index in [9.17, 15) is 4.57 Å². The van der Waals surface area contributed by atoms with E-state index < -0.39 is 23.8 Å². The first-order valence-corrected chi connectivity index (χ1v) is 16.5. The second kappa shape index (κ2) is 6.12. The molecular weight excluding hydrogens is 327 g/mol. The summed E-state index contributed by atoms with van der Waals surface area (Å²) in [7, 11) is -6.06. The quantitative estimate of drug-likeness (QED) is 0.572. The van der Waals surface area contributed by atoms with Crippen LogP contribution >= 0.6 is 7.14 Å². The molecule has 0 spiro atoms. The van der Waals surface area contributed by atoms with E-state index in [2.05, 4.69) is 39.3 Å². The van der Waals surface area contributed by atoms with Gasteiger partial charge in [0.2, 0.25) is 8.32 Å². The molecule has 0 bridgehead atoms. The van der Waals surface area contributed by atoms with Crippen LogP contribution in [0.1, 0.15) is 0 Å². The van der Waals surface area contributed by atoms with Crippen LogP contribution in [0.25, 0.3) is 0 Å². The molecule has 2 rings (SSSR count). The monoisotopic (exact) mass is 354 g/mol. The Balaban J connectivity index is 2.34. The lowest BCUT2D eigenvalue weighted by Gasteiger charge is -2.29. The zero-order valence-corrected chi connectivity index (χ0v) is 17.3. The van der Waals surface area contributed by atoms with E-state index >= 15 is 0 Å². The average Bonchev–Trinajstić information content (AvgIpc) is 2.63. The smallest absolute Gasteiger partial charge is 0.241 e. The van der Waals surface area contributed by atoms with Crippen LogP contribution in [-0.2, 0) is 13.4 Å². The zero-order valence-electron chi connectivity index (χ0n) is 14.4. The highest BCUT2D eigenvalue weighted by Gasteiger charge is 2.41. The van der Waals surface area contributed by atoms with E-state index in [0.717, 1.165) is 11.1 Å². The summed E-state index contributed by atoms with van der Waals surface area (Å²) >= 11 is 0. The largest absolute Gasteiger partial charge is 0.545 e. The van der Waals surface area contributed by atoms with E-state index in [4.69, 9.17) is 8.85 Å². The minimum Gasteiger partial charge on any atom is -0.545 e. The van der Waals surface area contributed by atoms with E-state index in [0.29, 0.717) is 6.16 Å². The van der Waals surface area contributed by atoms with Crippen molar-refractivity contribution in [2.24, 2.45) is 0 Å². The van der Waals surface area contributed by atoms with Gasteiger partial charge in [-0.1, -0.05) is 30.3 Å². The normalized spacial score (nSPS) is 25.9. The van der Waals surface area contributed by atoms with Gasteiger partial charge >= 0.3 is 0 Å². The van der Waals surface area contributed by atoms with Crippen LogP contribution in [0, 0.1) is 0 Å². The molecule has 1 aliphatic heterocycles. The lowest BCUT2D eigenvalue weighted by molar-refractivity contribution is 0.198. The van der Waals surface area contributed by atoms with Crippen LogP contribution in [0.2, 0.25) is 39.3 Å². The first kappa shape index (κ1) is 17.7. The van der Waals surface area contributed by atoms with Crippen LogP contribution in [-0.4, -0.2) is 28.9 Å². The molecule has 1 aromatic rings. The van der Waals surface area contributed by atoms with Gasteiger partial charge in [0.1, 0.15) is 19.0 Å². The van der Waals surface area contributed by atoms with E-state index in [1.807, 2.05) is 36.1 Å². The Morgan fingerprint density at radius 1 is 1.00 bits per heavy atom. The molecule has 3 nitrogen and oxygen atoms in total. The van der Waals surface area contributed by atoms with Crippen molar-refractivity contribution in [2.45, 2.75) is 45.4 Å². The van der Waals surface area contributed by atoms with Crippen LogP contribution in [0.3, 0.4) is 0 Å². The first-order valence-electron chi connectivity index (χ1n) is 7.72. The maximum atomic E-state index is 13.4. The molecule has 22 heavy (non-hydrogen) atoms. The van der Waals surface area contributed by atoms with Gasteiger partial charge < -0.3 is 13.4 Å². The Morgan fingerprint density at radius 3 is 2.09 bits per heavy atom. The van der Waals surface area contributed by atoms with Crippen molar-refractivity contribution < 1.29 is 13.4 Å². The molecular formula is C16H27O3PSi2. The molecule has 0 N–H and O–H groups in total. The average molecular weight is 355 g/mol. The minimum absolute atomic E-state index is 0.163. The van der Waals surface area contributed by atoms with Gasteiger partial charge in [-0.3, -0.25) is 0 Å². The Morgan fingerprint density at radius 2 is 1.59 bits per heavy atom. The number of hydrogen-bond donors (Lipinski definition) is 0. The summed E-state index contributed by atoms with van der Waals surface area (Å²) in [5.74, 6) is 2.67. The van der Waals surface area contributed by atoms with Crippen LogP contribution in [0.15, 0.2) is 41.9 Å². The molecule has 0 aliphatic carbocycles. The van der Waals surface area contributed by atoms with Crippen molar-refractivity contribution in [2.75, 3.05) is 6.16 Å². The van der Waals surface area contributed by atoms with Gasteiger partial charge in [-0.2, -0.15) is 0 Å². The number of hydrogen-bond acceptors (Lipinski definition) is 3. The fourth-order valence-corrected chi connectivity index (χ4v) is 7.22. The summed E-state index contributed by atoms with van der Waals surface area (Å²) in [6, 6.07) is 9.72. The SMILES string of the molecule is C[Si](C)(C)OC1=CP(=O)(c2ccccc2)CC1O[Si](C)(C)C. The zero-order chi connectivity index (χ0) is 16.6. The van der Waals surface area contributed by atoms with Crippen molar-refractivity contribution in [3.05, 3.63) is 41.9 Å². The number of benzene rings is 1. The van der Waals surface area contributed by atoms with E-state index in [-0.39, 0.29) is 6.10 Å². The molecule has 6 heteroatoms. The highest BCUT2D eigenvalue weighted by molar-refractivity contribution is 7.74. The van der Waals surface area contributed by atoms with Crippen molar-refractivity contribution in [3.8, 4) is 0 Å². The molecule has 2 atom stereocenters. The van der Waals surface area contributed by atoms with Crippen molar-refractivity contribution >= 4 is 29.1 Å². The van der Waals surface area contributed by atoms with Crippen LogP contribution in [0.5, 0.6) is 0 Å². The molecule has 1 heterocycles. The van der Waals surface area contributed by atoms with Gasteiger partial charge in [0, 0.05) is 17.3 Å². The topological polar surface area (TPSA) is 35.5 Å². The van der Waals surface area contributed by atoms with Gasteiger partial charge in [-0.15, -0.1) is 0 Å². The highest BCUT2D eigenvalue weighted by Crippen LogP contribution is 2.54. The Hall–Kier alpha value is -0.616. The van der Waals surface area contributed by atoms with Gasteiger partial charge in [-0.05, 0) is 39.3 Å². The van der Waals surface area contributed by atoms with Crippen molar-refractivity contribution in [1.82, 2.24) is 0 Å². The van der Waals surface area contributed by atoms with Gasteiger partial charge in [0.25, 0.3) is 0 Å². The standard InChI is InChI=1S/C16H27O3PSi2/c1-21(2,3)18-15-12-20(17,14-10-8-7-9-11-14)13-16(15)19-22(4,5)6/h7-12,16H,13H2,1-6H3. The molecule has 1 aliphatic rings. The summed E-state index contributed by atoms with van der Waals surface area (Å²) in [6.45, 7) is 12.9. The summed E-state index contributed by atoms with van der Waals surface area (Å²) in [5.41, 5.74) is 0. The molecule has 0 fully saturated rings. The third kappa shape index (κ3) is 4.69. The minimum atomic E-state index is -2.57.